The first-order chi connectivity index (χ1) is 17.9. The van der Waals surface area contributed by atoms with Gasteiger partial charge < -0.3 is 20.8 Å². The molecule has 1 unspecified atom stereocenters. The van der Waals surface area contributed by atoms with Crippen molar-refractivity contribution in [2.24, 2.45) is 11.7 Å². The number of nitrogens with two attached hydrogens (primary N) is 1. The predicted octanol–water partition coefficient (Wildman–Crippen LogP) is 2.66. The molecule has 0 radical (unpaired) electrons. The van der Waals surface area contributed by atoms with E-state index in [4.69, 9.17) is 25.5 Å². The topological polar surface area (TPSA) is 154 Å². The Bertz CT molecular complexity index is 1130. The van der Waals surface area contributed by atoms with Gasteiger partial charge in [0.05, 0.1) is 18.0 Å². The number of aromatic nitrogens is 1. The lowest BCUT2D eigenvalue weighted by Gasteiger charge is -2.33. The maximum Gasteiger partial charge on any atom is 0.490 e. The SMILES string of the molecule is CN(Cc1ccnc2ccccc12)C(=O)C1CCCN(CC(N)=O)C1.O=C(O)C(F)(F)F.O=C(O)C(F)(F)F. The normalized spacial score (nSPS) is 15.7. The lowest BCUT2D eigenvalue weighted by Crippen LogP contribution is -2.46. The number of carbonyl (C=O) groups excluding carboxylic acids is 2. The van der Waals surface area contributed by atoms with Crippen LogP contribution in [0.15, 0.2) is 36.5 Å². The maximum absolute atomic E-state index is 12.8. The first-order valence-electron chi connectivity index (χ1n) is 11.1. The molecule has 1 saturated heterocycles. The molecule has 1 aromatic carbocycles. The summed E-state index contributed by atoms with van der Waals surface area (Å²) in [5.74, 6) is -5.81. The largest absolute Gasteiger partial charge is 0.490 e. The number of amides is 2. The summed E-state index contributed by atoms with van der Waals surface area (Å²) in [6.45, 7) is 2.20. The van der Waals surface area contributed by atoms with Crippen molar-refractivity contribution in [1.29, 1.82) is 0 Å². The third kappa shape index (κ3) is 11.5. The number of para-hydroxylation sites is 1. The lowest BCUT2D eigenvalue weighted by molar-refractivity contribution is -0.193. The summed E-state index contributed by atoms with van der Waals surface area (Å²) < 4.78 is 63.5. The highest BCUT2D eigenvalue weighted by atomic mass is 19.4. The number of carboxylic acid groups (broad SMARTS) is 2. The molecule has 2 heterocycles. The van der Waals surface area contributed by atoms with E-state index in [9.17, 15) is 35.9 Å². The zero-order valence-electron chi connectivity index (χ0n) is 20.5. The molecule has 216 valence electrons. The number of hydrogen-bond acceptors (Lipinski definition) is 6. The van der Waals surface area contributed by atoms with Crippen molar-refractivity contribution in [3.05, 3.63) is 42.1 Å². The van der Waals surface area contributed by atoms with Crippen molar-refractivity contribution in [1.82, 2.24) is 14.8 Å². The van der Waals surface area contributed by atoms with E-state index in [1.807, 2.05) is 42.3 Å². The van der Waals surface area contributed by atoms with Crippen LogP contribution >= 0.6 is 0 Å². The molecule has 39 heavy (non-hydrogen) atoms. The van der Waals surface area contributed by atoms with E-state index in [-0.39, 0.29) is 24.3 Å². The fraction of sp³-hybridized carbons (Fsp3) is 0.435. The van der Waals surface area contributed by atoms with E-state index < -0.39 is 24.3 Å². The van der Waals surface area contributed by atoms with Gasteiger partial charge in [0.25, 0.3) is 0 Å². The molecule has 3 rings (SSSR count). The Hall–Kier alpha value is -3.95. The van der Waals surface area contributed by atoms with Crippen molar-refractivity contribution >= 4 is 34.7 Å². The quantitative estimate of drug-likeness (QED) is 0.466. The molecule has 1 aromatic heterocycles. The van der Waals surface area contributed by atoms with Crippen LogP contribution in [0.3, 0.4) is 0 Å². The number of likely N-dealkylation sites (tertiary alicyclic amines) is 1. The third-order valence-electron chi connectivity index (χ3n) is 5.24. The molecule has 10 nitrogen and oxygen atoms in total. The smallest absolute Gasteiger partial charge is 0.475 e. The predicted molar refractivity (Wildman–Crippen MR) is 124 cm³/mol. The second-order valence-corrected chi connectivity index (χ2v) is 8.33. The van der Waals surface area contributed by atoms with E-state index in [0.29, 0.717) is 13.1 Å². The third-order valence-corrected chi connectivity index (χ3v) is 5.24. The van der Waals surface area contributed by atoms with E-state index in [1.54, 1.807) is 11.1 Å². The van der Waals surface area contributed by atoms with Crippen molar-refractivity contribution < 1.29 is 55.7 Å². The number of carboxylic acids is 2. The number of fused-ring (bicyclic) bond motifs is 1. The van der Waals surface area contributed by atoms with Crippen molar-refractivity contribution in [2.75, 3.05) is 26.7 Å². The average molecular weight is 568 g/mol. The molecule has 0 spiro atoms. The highest BCUT2D eigenvalue weighted by Gasteiger charge is 2.39. The molecule has 0 aliphatic carbocycles. The molecule has 4 N–H and O–H groups in total. The Labute approximate surface area is 218 Å². The van der Waals surface area contributed by atoms with Crippen LogP contribution in [0.5, 0.6) is 0 Å². The summed E-state index contributed by atoms with van der Waals surface area (Å²) in [4.78, 5) is 49.9. The highest BCUT2D eigenvalue weighted by Crippen LogP contribution is 2.22. The minimum absolute atomic E-state index is 0.0776. The summed E-state index contributed by atoms with van der Waals surface area (Å²) in [5, 5.41) is 15.3. The molecule has 1 fully saturated rings. The molecule has 16 heteroatoms. The van der Waals surface area contributed by atoms with Crippen LogP contribution in [-0.2, 0) is 25.7 Å². The number of benzene rings is 1. The van der Waals surface area contributed by atoms with Crippen molar-refractivity contribution in [3.8, 4) is 0 Å². The van der Waals surface area contributed by atoms with Gasteiger partial charge in [-0.15, -0.1) is 0 Å². The second-order valence-electron chi connectivity index (χ2n) is 8.33. The van der Waals surface area contributed by atoms with Crippen LogP contribution in [0.1, 0.15) is 18.4 Å². The minimum Gasteiger partial charge on any atom is -0.475 e. The Balaban J connectivity index is 0.000000449. The summed E-state index contributed by atoms with van der Waals surface area (Å²) in [7, 11) is 1.84. The van der Waals surface area contributed by atoms with Crippen LogP contribution in [0, 0.1) is 5.92 Å². The maximum atomic E-state index is 12.8. The van der Waals surface area contributed by atoms with Gasteiger partial charge >= 0.3 is 24.3 Å². The number of hydrogen-bond donors (Lipinski definition) is 3. The molecule has 0 bridgehead atoms. The van der Waals surface area contributed by atoms with Crippen LogP contribution in [-0.4, -0.2) is 87.8 Å². The lowest BCUT2D eigenvalue weighted by atomic mass is 9.96. The fourth-order valence-corrected chi connectivity index (χ4v) is 3.56. The number of alkyl halides is 6. The number of piperidine rings is 1. The monoisotopic (exact) mass is 568 g/mol. The Kier molecular flexibility index (Phi) is 12.1. The van der Waals surface area contributed by atoms with Crippen LogP contribution in [0.2, 0.25) is 0 Å². The fourth-order valence-electron chi connectivity index (χ4n) is 3.56. The van der Waals surface area contributed by atoms with Crippen LogP contribution in [0.25, 0.3) is 10.9 Å². The van der Waals surface area contributed by atoms with E-state index >= 15 is 0 Å². The zero-order chi connectivity index (χ0) is 30.0. The van der Waals surface area contributed by atoms with E-state index in [1.165, 1.54) is 0 Å². The first kappa shape index (κ1) is 33.1. The summed E-state index contributed by atoms with van der Waals surface area (Å²) in [6.07, 6.45) is -6.61. The Morgan fingerprint density at radius 3 is 2.08 bits per heavy atom. The van der Waals surface area contributed by atoms with Gasteiger partial charge in [-0.2, -0.15) is 26.3 Å². The van der Waals surface area contributed by atoms with Gasteiger partial charge in [-0.25, -0.2) is 9.59 Å². The van der Waals surface area contributed by atoms with E-state index in [0.717, 1.165) is 35.9 Å². The van der Waals surface area contributed by atoms with E-state index in [2.05, 4.69) is 4.98 Å². The number of aliphatic carboxylic acids is 2. The van der Waals surface area contributed by atoms with Crippen molar-refractivity contribution in [2.45, 2.75) is 31.7 Å². The minimum atomic E-state index is -5.08. The van der Waals surface area contributed by atoms with Crippen LogP contribution < -0.4 is 5.73 Å². The number of nitrogens with zero attached hydrogens (tertiary/aromatic N) is 3. The van der Waals surface area contributed by atoms with Gasteiger partial charge in [0.2, 0.25) is 11.8 Å². The summed E-state index contributed by atoms with van der Waals surface area (Å²) in [6, 6.07) is 9.92. The van der Waals surface area contributed by atoms with Crippen LogP contribution in [0.4, 0.5) is 26.3 Å². The molecule has 0 saturated carbocycles. The number of halogens is 6. The molecular weight excluding hydrogens is 542 g/mol. The molecule has 1 aliphatic heterocycles. The summed E-state index contributed by atoms with van der Waals surface area (Å²) >= 11 is 0. The standard InChI is InChI=1S/C19H24N4O2.2C2HF3O2/c1-22(11-14-8-9-21-17-7-3-2-6-16(14)17)19(25)15-5-4-10-23(12-15)13-18(20)24;2*3-2(4,5)1(6)7/h2-3,6-9,15H,4-5,10-13H2,1H3,(H2,20,24);2*(H,6,7). The first-order valence-corrected chi connectivity index (χ1v) is 11.1. The second kappa shape index (κ2) is 14.3. The number of rotatable bonds is 5. The van der Waals surface area contributed by atoms with Gasteiger partial charge in [0.1, 0.15) is 0 Å². The number of primary amides is 1. The molecular formula is C23H26F6N4O6. The Morgan fingerprint density at radius 2 is 1.56 bits per heavy atom. The van der Waals surface area contributed by atoms with Gasteiger partial charge in [0, 0.05) is 31.7 Å². The van der Waals surface area contributed by atoms with Gasteiger partial charge in [0.15, 0.2) is 0 Å². The zero-order valence-corrected chi connectivity index (χ0v) is 20.5. The van der Waals surface area contributed by atoms with Gasteiger partial charge in [-0.3, -0.25) is 19.5 Å². The average Bonchev–Trinajstić information content (AvgIpc) is 2.83. The highest BCUT2D eigenvalue weighted by molar-refractivity contribution is 5.83. The van der Waals surface area contributed by atoms with Gasteiger partial charge in [-0.1, -0.05) is 18.2 Å². The molecule has 1 aliphatic rings. The summed E-state index contributed by atoms with van der Waals surface area (Å²) in [5.41, 5.74) is 7.30. The molecule has 2 aromatic rings. The molecule has 2 amide bonds. The molecule has 1 atom stereocenters. The van der Waals surface area contributed by atoms with Gasteiger partial charge in [-0.05, 0) is 37.1 Å². The number of pyridine rings is 1. The number of carbonyl (C=O) groups is 4. The Morgan fingerprint density at radius 1 is 1.03 bits per heavy atom. The van der Waals surface area contributed by atoms with Crippen molar-refractivity contribution in [3.63, 3.8) is 0 Å².